The van der Waals surface area contributed by atoms with Crippen molar-refractivity contribution in [3.63, 3.8) is 0 Å². The van der Waals surface area contributed by atoms with Crippen molar-refractivity contribution < 1.29 is 54.0 Å². The van der Waals surface area contributed by atoms with Gasteiger partial charge in [0.2, 0.25) is 6.29 Å². The summed E-state index contributed by atoms with van der Waals surface area (Å²) in [5.74, 6) is -0.213. The minimum atomic E-state index is -1.58. The van der Waals surface area contributed by atoms with E-state index in [4.69, 9.17) is 23.7 Å². The van der Waals surface area contributed by atoms with E-state index in [9.17, 15) is 30.3 Å². The monoisotopic (exact) mass is 466 g/mol. The third kappa shape index (κ3) is 5.46. The van der Waals surface area contributed by atoms with Crippen molar-refractivity contribution in [1.82, 2.24) is 0 Å². The van der Waals surface area contributed by atoms with E-state index in [0.717, 1.165) is 0 Å². The summed E-state index contributed by atoms with van der Waals surface area (Å²) in [6.07, 6.45) is -7.14. The lowest BCUT2D eigenvalue weighted by Gasteiger charge is -2.39. The second-order valence-electron chi connectivity index (χ2n) is 7.26. The van der Waals surface area contributed by atoms with Crippen molar-refractivity contribution in [1.29, 1.82) is 0 Å². The standard InChI is InChI=1S/C22H26O11/c1-29-15-8-12(4-5-13(15)24)21(28)31-10-11-3-6-14(16(7-11)30-2)32-22-20(27)19(26)18(25)17(9-23)33-22/h3-8,17-20,22-27H,9-10H2,1-2H3. The Hall–Kier alpha value is -3.09. The topological polar surface area (TPSA) is 164 Å². The molecule has 1 saturated heterocycles. The van der Waals surface area contributed by atoms with E-state index in [2.05, 4.69) is 0 Å². The minimum Gasteiger partial charge on any atom is -0.504 e. The van der Waals surface area contributed by atoms with Gasteiger partial charge in [-0.05, 0) is 35.9 Å². The van der Waals surface area contributed by atoms with Crippen LogP contribution < -0.4 is 14.2 Å². The molecule has 33 heavy (non-hydrogen) atoms. The Morgan fingerprint density at radius 2 is 1.67 bits per heavy atom. The quantitative estimate of drug-likeness (QED) is 0.331. The van der Waals surface area contributed by atoms with E-state index in [1.165, 1.54) is 38.5 Å². The number of phenolic OH excluding ortho intramolecular Hbond substituents is 1. The largest absolute Gasteiger partial charge is 0.504 e. The Bertz CT molecular complexity index is 961. The number of carbonyl (C=O) groups excluding carboxylic acids is 1. The number of aliphatic hydroxyl groups is 4. The van der Waals surface area contributed by atoms with E-state index >= 15 is 0 Å². The molecule has 0 aromatic heterocycles. The Balaban J connectivity index is 1.68. The van der Waals surface area contributed by atoms with Gasteiger partial charge in [-0.3, -0.25) is 0 Å². The molecule has 2 aromatic rings. The zero-order valence-electron chi connectivity index (χ0n) is 18.0. The SMILES string of the molecule is COc1cc(C(=O)OCc2ccc(OC3OC(CO)C(O)C(O)C3O)c(OC)c2)ccc1O. The van der Waals surface area contributed by atoms with Crippen LogP contribution in [0.4, 0.5) is 0 Å². The predicted molar refractivity (Wildman–Crippen MR) is 111 cm³/mol. The van der Waals surface area contributed by atoms with Gasteiger partial charge < -0.3 is 49.2 Å². The van der Waals surface area contributed by atoms with Gasteiger partial charge in [-0.15, -0.1) is 0 Å². The number of hydrogen-bond donors (Lipinski definition) is 5. The highest BCUT2D eigenvalue weighted by atomic mass is 16.7. The summed E-state index contributed by atoms with van der Waals surface area (Å²) in [5.41, 5.74) is 0.756. The lowest BCUT2D eigenvalue weighted by molar-refractivity contribution is -0.277. The van der Waals surface area contributed by atoms with Crippen LogP contribution in [0.1, 0.15) is 15.9 Å². The van der Waals surface area contributed by atoms with E-state index < -0.39 is 43.3 Å². The van der Waals surface area contributed by atoms with Gasteiger partial charge in [-0.1, -0.05) is 6.07 Å². The summed E-state index contributed by atoms with van der Waals surface area (Å²) in [6.45, 7) is -0.683. The maximum Gasteiger partial charge on any atom is 0.338 e. The number of methoxy groups -OCH3 is 2. The van der Waals surface area contributed by atoms with Crippen LogP contribution in [0.3, 0.4) is 0 Å². The average molecular weight is 466 g/mol. The number of phenols is 1. The normalized spacial score (nSPS) is 24.7. The maximum atomic E-state index is 12.3. The van der Waals surface area contributed by atoms with E-state index in [1.54, 1.807) is 12.1 Å². The van der Waals surface area contributed by atoms with E-state index in [1.807, 2.05) is 0 Å². The van der Waals surface area contributed by atoms with Gasteiger partial charge in [0.15, 0.2) is 23.0 Å². The lowest BCUT2D eigenvalue weighted by atomic mass is 9.99. The summed E-state index contributed by atoms with van der Waals surface area (Å²) in [5, 5.41) is 48.9. The molecule has 0 radical (unpaired) electrons. The molecule has 1 aliphatic heterocycles. The molecule has 180 valence electrons. The molecule has 11 nitrogen and oxygen atoms in total. The van der Waals surface area contributed by atoms with Gasteiger partial charge in [0, 0.05) is 0 Å². The number of hydrogen-bond acceptors (Lipinski definition) is 11. The summed E-state index contributed by atoms with van der Waals surface area (Å²) >= 11 is 0. The molecule has 1 aliphatic rings. The molecule has 5 atom stereocenters. The number of aromatic hydroxyl groups is 1. The minimum absolute atomic E-state index is 0.0985. The predicted octanol–water partition coefficient (Wildman–Crippen LogP) is -0.0549. The van der Waals surface area contributed by atoms with Gasteiger partial charge >= 0.3 is 5.97 Å². The number of rotatable bonds is 8. The molecule has 5 unspecified atom stereocenters. The molecule has 11 heteroatoms. The number of esters is 1. The molecule has 0 bridgehead atoms. The van der Waals surface area contributed by atoms with Crippen LogP contribution in [-0.2, 0) is 16.1 Å². The van der Waals surface area contributed by atoms with E-state index in [0.29, 0.717) is 5.56 Å². The molecule has 0 amide bonds. The van der Waals surface area contributed by atoms with Gasteiger partial charge in [-0.25, -0.2) is 4.79 Å². The number of aliphatic hydroxyl groups excluding tert-OH is 4. The molecular weight excluding hydrogens is 440 g/mol. The van der Waals surface area contributed by atoms with Gasteiger partial charge in [0.1, 0.15) is 31.0 Å². The highest BCUT2D eigenvalue weighted by Gasteiger charge is 2.44. The number of carbonyl (C=O) groups is 1. The van der Waals surface area contributed by atoms with Crippen LogP contribution in [0, 0.1) is 0 Å². The van der Waals surface area contributed by atoms with Gasteiger partial charge in [0.25, 0.3) is 0 Å². The maximum absolute atomic E-state index is 12.3. The van der Waals surface area contributed by atoms with Crippen LogP contribution >= 0.6 is 0 Å². The van der Waals surface area contributed by atoms with Gasteiger partial charge in [0.05, 0.1) is 26.4 Å². The van der Waals surface area contributed by atoms with Gasteiger partial charge in [-0.2, -0.15) is 0 Å². The van der Waals surface area contributed by atoms with Crippen molar-refractivity contribution in [2.45, 2.75) is 37.3 Å². The number of ether oxygens (including phenoxy) is 5. The average Bonchev–Trinajstić information content (AvgIpc) is 2.83. The Morgan fingerprint density at radius 3 is 2.33 bits per heavy atom. The van der Waals surface area contributed by atoms with Crippen LogP contribution in [0.5, 0.6) is 23.0 Å². The molecule has 0 spiro atoms. The molecule has 5 N–H and O–H groups in total. The molecule has 1 heterocycles. The first kappa shape index (κ1) is 24.6. The molecule has 0 aliphatic carbocycles. The smallest absolute Gasteiger partial charge is 0.338 e. The second kappa shape index (κ2) is 10.7. The van der Waals surface area contributed by atoms with E-state index in [-0.39, 0.29) is 35.2 Å². The summed E-state index contributed by atoms with van der Waals surface area (Å²) < 4.78 is 26.5. The van der Waals surface area contributed by atoms with Crippen LogP contribution in [-0.4, -0.2) is 83.0 Å². The molecular formula is C22H26O11. The Labute approximate surface area is 189 Å². The summed E-state index contributed by atoms with van der Waals surface area (Å²) in [6, 6.07) is 8.71. The van der Waals surface area contributed by atoms with Crippen LogP contribution in [0.15, 0.2) is 36.4 Å². The van der Waals surface area contributed by atoms with Crippen LogP contribution in [0.25, 0.3) is 0 Å². The first-order valence-corrected chi connectivity index (χ1v) is 9.97. The Kier molecular flexibility index (Phi) is 7.95. The first-order valence-electron chi connectivity index (χ1n) is 9.97. The molecule has 2 aromatic carbocycles. The third-order valence-corrected chi connectivity index (χ3v) is 5.10. The van der Waals surface area contributed by atoms with Crippen molar-refractivity contribution in [3.05, 3.63) is 47.5 Å². The molecule has 0 saturated carbocycles. The second-order valence-corrected chi connectivity index (χ2v) is 7.26. The zero-order chi connectivity index (χ0) is 24.1. The fourth-order valence-corrected chi connectivity index (χ4v) is 3.23. The van der Waals surface area contributed by atoms with Crippen LogP contribution in [0.2, 0.25) is 0 Å². The highest BCUT2D eigenvalue weighted by molar-refractivity contribution is 5.90. The number of benzene rings is 2. The molecule has 3 rings (SSSR count). The fraction of sp³-hybridized carbons (Fsp3) is 0.409. The lowest BCUT2D eigenvalue weighted by Crippen LogP contribution is -2.60. The highest BCUT2D eigenvalue weighted by Crippen LogP contribution is 2.32. The summed E-state index contributed by atoms with van der Waals surface area (Å²) in [7, 11) is 2.75. The zero-order valence-corrected chi connectivity index (χ0v) is 18.0. The molecule has 1 fully saturated rings. The van der Waals surface area contributed by atoms with Crippen molar-refractivity contribution in [2.24, 2.45) is 0 Å². The van der Waals surface area contributed by atoms with Crippen molar-refractivity contribution >= 4 is 5.97 Å². The van der Waals surface area contributed by atoms with Crippen molar-refractivity contribution in [3.8, 4) is 23.0 Å². The fourth-order valence-electron chi connectivity index (χ4n) is 3.23. The van der Waals surface area contributed by atoms with Crippen molar-refractivity contribution in [2.75, 3.05) is 20.8 Å². The summed E-state index contributed by atoms with van der Waals surface area (Å²) in [4.78, 5) is 12.3. The third-order valence-electron chi connectivity index (χ3n) is 5.10. The Morgan fingerprint density at radius 1 is 0.939 bits per heavy atom. The first-order chi connectivity index (χ1) is 15.8.